The van der Waals surface area contributed by atoms with Crippen LogP contribution in [0.3, 0.4) is 0 Å². The molecule has 1 atom stereocenters. The van der Waals surface area contributed by atoms with Gasteiger partial charge in [-0.05, 0) is 24.0 Å². The molecule has 4 heteroatoms. The molecular weight excluding hydrogens is 314 g/mol. The zero-order valence-corrected chi connectivity index (χ0v) is 14.4. The van der Waals surface area contributed by atoms with Gasteiger partial charge in [-0.2, -0.15) is 0 Å². The quantitative estimate of drug-likeness (QED) is 0.851. The third-order valence-electron chi connectivity index (χ3n) is 4.95. The van der Waals surface area contributed by atoms with Gasteiger partial charge in [0.1, 0.15) is 12.7 Å². The summed E-state index contributed by atoms with van der Waals surface area (Å²) in [5.74, 6) is 0. The number of rotatable bonds is 5. The molecule has 0 heterocycles. The molecule has 0 aromatic heterocycles. The minimum Gasteiger partial charge on any atom is -0.445 e. The van der Waals surface area contributed by atoms with Gasteiger partial charge in [-0.25, -0.2) is 4.79 Å². The predicted octanol–water partition coefficient (Wildman–Crippen LogP) is 4.35. The summed E-state index contributed by atoms with van der Waals surface area (Å²) in [4.78, 5) is 12.4. The molecule has 2 N–H and O–H groups in total. The number of aliphatic hydroxyl groups is 1. The van der Waals surface area contributed by atoms with E-state index >= 15 is 0 Å². The second kappa shape index (κ2) is 8.17. The molecule has 2 aromatic rings. The Hall–Kier alpha value is -2.33. The van der Waals surface area contributed by atoms with E-state index in [1.54, 1.807) is 0 Å². The zero-order chi connectivity index (χ0) is 17.5. The van der Waals surface area contributed by atoms with Crippen molar-refractivity contribution in [3.05, 3.63) is 71.8 Å². The SMILES string of the molecule is O=C(NC1(C(O)c2ccccc2)CCCCC1)OCc1ccccc1. The van der Waals surface area contributed by atoms with Crippen molar-refractivity contribution in [1.29, 1.82) is 0 Å². The van der Waals surface area contributed by atoms with Crippen LogP contribution in [0.15, 0.2) is 60.7 Å². The molecule has 1 unspecified atom stereocenters. The van der Waals surface area contributed by atoms with Crippen LogP contribution in [-0.4, -0.2) is 16.7 Å². The van der Waals surface area contributed by atoms with Gasteiger partial charge < -0.3 is 15.2 Å². The lowest BCUT2D eigenvalue weighted by molar-refractivity contribution is 0.0267. The van der Waals surface area contributed by atoms with Crippen LogP contribution < -0.4 is 5.32 Å². The van der Waals surface area contributed by atoms with Gasteiger partial charge in [0.15, 0.2) is 0 Å². The molecule has 2 aromatic carbocycles. The molecule has 1 saturated carbocycles. The minimum absolute atomic E-state index is 0.226. The van der Waals surface area contributed by atoms with Gasteiger partial charge in [-0.1, -0.05) is 79.9 Å². The maximum atomic E-state index is 12.4. The number of carbonyl (C=O) groups excluding carboxylic acids is 1. The molecule has 1 amide bonds. The molecule has 0 bridgehead atoms. The Balaban J connectivity index is 1.69. The normalized spacial score (nSPS) is 17.5. The molecule has 1 aliphatic carbocycles. The Labute approximate surface area is 148 Å². The maximum Gasteiger partial charge on any atom is 0.408 e. The van der Waals surface area contributed by atoms with E-state index in [2.05, 4.69) is 5.32 Å². The second-order valence-corrected chi connectivity index (χ2v) is 6.72. The standard InChI is InChI=1S/C21H25NO3/c23-19(18-12-6-2-7-13-18)21(14-8-3-9-15-21)22-20(24)25-16-17-10-4-1-5-11-17/h1-2,4-7,10-13,19,23H,3,8-9,14-16H2,(H,22,24). The summed E-state index contributed by atoms with van der Waals surface area (Å²) < 4.78 is 5.38. The number of nitrogens with one attached hydrogen (secondary N) is 1. The summed E-state index contributed by atoms with van der Waals surface area (Å²) in [7, 11) is 0. The predicted molar refractivity (Wildman–Crippen MR) is 97.0 cm³/mol. The van der Waals surface area contributed by atoms with Gasteiger partial charge in [0.2, 0.25) is 0 Å². The number of benzene rings is 2. The van der Waals surface area contributed by atoms with Gasteiger partial charge in [0.25, 0.3) is 0 Å². The molecule has 1 aliphatic rings. The van der Waals surface area contributed by atoms with Crippen molar-refractivity contribution in [3.8, 4) is 0 Å². The number of hydrogen-bond acceptors (Lipinski definition) is 3. The minimum atomic E-state index is -0.738. The summed E-state index contributed by atoms with van der Waals surface area (Å²) in [6, 6.07) is 19.1. The lowest BCUT2D eigenvalue weighted by atomic mass is 9.75. The van der Waals surface area contributed by atoms with Crippen LogP contribution in [0, 0.1) is 0 Å². The second-order valence-electron chi connectivity index (χ2n) is 6.72. The Morgan fingerprint density at radius 2 is 1.60 bits per heavy atom. The van der Waals surface area contributed by atoms with Gasteiger partial charge in [0.05, 0.1) is 5.54 Å². The van der Waals surface area contributed by atoms with Crippen LogP contribution in [0.4, 0.5) is 4.79 Å². The Morgan fingerprint density at radius 1 is 1.00 bits per heavy atom. The third kappa shape index (κ3) is 4.40. The Morgan fingerprint density at radius 3 is 2.24 bits per heavy atom. The van der Waals surface area contributed by atoms with Crippen LogP contribution in [-0.2, 0) is 11.3 Å². The topological polar surface area (TPSA) is 58.6 Å². The van der Waals surface area contributed by atoms with Crippen molar-refractivity contribution in [2.75, 3.05) is 0 Å². The van der Waals surface area contributed by atoms with E-state index in [4.69, 9.17) is 4.74 Å². The largest absolute Gasteiger partial charge is 0.445 e. The molecule has 3 rings (SSSR count). The molecule has 0 spiro atoms. The van der Waals surface area contributed by atoms with Crippen molar-refractivity contribution in [1.82, 2.24) is 5.32 Å². The highest BCUT2D eigenvalue weighted by molar-refractivity contribution is 5.68. The number of alkyl carbamates (subject to hydrolysis) is 1. The molecule has 25 heavy (non-hydrogen) atoms. The smallest absolute Gasteiger partial charge is 0.408 e. The number of ether oxygens (including phenoxy) is 1. The van der Waals surface area contributed by atoms with E-state index in [1.807, 2.05) is 60.7 Å². The highest BCUT2D eigenvalue weighted by Crippen LogP contribution is 2.38. The molecule has 0 saturated heterocycles. The first-order valence-corrected chi connectivity index (χ1v) is 8.91. The molecular formula is C21H25NO3. The third-order valence-corrected chi connectivity index (χ3v) is 4.95. The van der Waals surface area contributed by atoms with Gasteiger partial charge in [0, 0.05) is 0 Å². The van der Waals surface area contributed by atoms with Crippen molar-refractivity contribution in [2.24, 2.45) is 0 Å². The lowest BCUT2D eigenvalue weighted by Crippen LogP contribution is -2.54. The van der Waals surface area contributed by atoms with Crippen molar-refractivity contribution < 1.29 is 14.6 Å². The van der Waals surface area contributed by atoms with Gasteiger partial charge in [-0.15, -0.1) is 0 Å². The van der Waals surface area contributed by atoms with E-state index in [9.17, 15) is 9.90 Å². The highest BCUT2D eigenvalue weighted by Gasteiger charge is 2.41. The summed E-state index contributed by atoms with van der Waals surface area (Å²) in [6.07, 6.45) is 3.40. The number of hydrogen-bond donors (Lipinski definition) is 2. The first-order valence-electron chi connectivity index (χ1n) is 8.91. The maximum absolute atomic E-state index is 12.4. The summed E-state index contributed by atoms with van der Waals surface area (Å²) in [5.41, 5.74) is 1.11. The molecule has 0 aliphatic heterocycles. The van der Waals surface area contributed by atoms with E-state index in [1.165, 1.54) is 0 Å². The Kier molecular flexibility index (Phi) is 5.71. The summed E-state index contributed by atoms with van der Waals surface area (Å²) in [6.45, 7) is 0.226. The molecule has 132 valence electrons. The summed E-state index contributed by atoms with van der Waals surface area (Å²) >= 11 is 0. The van der Waals surface area contributed by atoms with Gasteiger partial charge in [-0.3, -0.25) is 0 Å². The van der Waals surface area contributed by atoms with Gasteiger partial charge >= 0.3 is 6.09 Å². The molecule has 1 fully saturated rings. The average Bonchev–Trinajstić information content (AvgIpc) is 2.68. The number of aliphatic hydroxyl groups excluding tert-OH is 1. The lowest BCUT2D eigenvalue weighted by Gasteiger charge is -2.41. The van der Waals surface area contributed by atoms with Crippen LogP contribution in [0.1, 0.15) is 49.3 Å². The van der Waals surface area contributed by atoms with Crippen molar-refractivity contribution in [3.63, 3.8) is 0 Å². The fraction of sp³-hybridized carbons (Fsp3) is 0.381. The Bertz CT molecular complexity index is 666. The van der Waals surface area contributed by atoms with E-state index in [-0.39, 0.29) is 6.61 Å². The highest BCUT2D eigenvalue weighted by atomic mass is 16.5. The summed E-state index contributed by atoms with van der Waals surface area (Å²) in [5, 5.41) is 13.9. The van der Waals surface area contributed by atoms with E-state index in [0.29, 0.717) is 0 Å². The van der Waals surface area contributed by atoms with Crippen molar-refractivity contribution in [2.45, 2.75) is 50.4 Å². The molecule has 0 radical (unpaired) electrons. The van der Waals surface area contributed by atoms with E-state index < -0.39 is 17.7 Å². The number of carbonyl (C=O) groups is 1. The fourth-order valence-electron chi connectivity index (χ4n) is 3.57. The monoisotopic (exact) mass is 339 g/mol. The molecule has 4 nitrogen and oxygen atoms in total. The first-order chi connectivity index (χ1) is 12.2. The number of amides is 1. The zero-order valence-electron chi connectivity index (χ0n) is 14.4. The van der Waals surface area contributed by atoms with Crippen LogP contribution in [0.25, 0.3) is 0 Å². The fourth-order valence-corrected chi connectivity index (χ4v) is 3.57. The average molecular weight is 339 g/mol. The van der Waals surface area contributed by atoms with Crippen LogP contribution in [0.5, 0.6) is 0 Å². The first kappa shape index (κ1) is 17.5. The van der Waals surface area contributed by atoms with E-state index in [0.717, 1.165) is 43.2 Å². The van der Waals surface area contributed by atoms with Crippen LogP contribution in [0.2, 0.25) is 0 Å². The van der Waals surface area contributed by atoms with Crippen molar-refractivity contribution >= 4 is 6.09 Å². The van der Waals surface area contributed by atoms with Crippen LogP contribution >= 0.6 is 0 Å².